The molecule has 3 aromatic rings. The lowest BCUT2D eigenvalue weighted by molar-refractivity contribution is 0.0803. The van der Waals surface area contributed by atoms with Crippen LogP contribution in [0.5, 0.6) is 0 Å². The van der Waals surface area contributed by atoms with Crippen LogP contribution in [-0.4, -0.2) is 56.5 Å². The molecule has 1 saturated heterocycles. The zero-order valence-electron chi connectivity index (χ0n) is 16.6. The molecule has 1 aliphatic rings. The molecule has 1 aliphatic heterocycles. The number of anilines is 1. The number of hydrogen-bond acceptors (Lipinski definition) is 6. The Morgan fingerprint density at radius 1 is 1.40 bits per heavy atom. The van der Waals surface area contributed by atoms with Gasteiger partial charge in [0, 0.05) is 19.3 Å². The van der Waals surface area contributed by atoms with Crippen LogP contribution < -0.4 is 10.2 Å². The number of aliphatic hydroxyl groups excluding tert-OH is 2. The Hall–Kier alpha value is -3.04. The summed E-state index contributed by atoms with van der Waals surface area (Å²) >= 11 is 0. The molecule has 1 amide bonds. The molecule has 2 aromatic heterocycles. The first-order chi connectivity index (χ1) is 14.5. The highest BCUT2D eigenvalue weighted by molar-refractivity contribution is 5.99. The number of carbonyl (C=O) groups is 1. The predicted octanol–water partition coefficient (Wildman–Crippen LogP) is 1.60. The van der Waals surface area contributed by atoms with Crippen molar-refractivity contribution in [2.45, 2.75) is 31.9 Å². The second kappa shape index (κ2) is 8.37. The van der Waals surface area contributed by atoms with Gasteiger partial charge in [-0.15, -0.1) is 0 Å². The highest BCUT2D eigenvalue weighted by Gasteiger charge is 2.29. The fraction of sp³-hybridized carbons (Fsp3) is 0.381. The number of carbonyl (C=O) groups excluding carboxylic acids is 1. The highest BCUT2D eigenvalue weighted by atomic mass is 19.1. The van der Waals surface area contributed by atoms with Crippen molar-refractivity contribution in [3.8, 4) is 0 Å². The third-order valence-electron chi connectivity index (χ3n) is 5.46. The maximum Gasteiger partial charge on any atom is 0.256 e. The summed E-state index contributed by atoms with van der Waals surface area (Å²) in [4.78, 5) is 19.3. The normalized spacial score (nSPS) is 17.5. The fourth-order valence-corrected chi connectivity index (χ4v) is 3.88. The molecule has 1 fully saturated rings. The third kappa shape index (κ3) is 3.86. The van der Waals surface area contributed by atoms with E-state index < -0.39 is 18.6 Å². The van der Waals surface area contributed by atoms with Crippen molar-refractivity contribution >= 4 is 17.4 Å². The Morgan fingerprint density at radius 2 is 2.23 bits per heavy atom. The van der Waals surface area contributed by atoms with Crippen molar-refractivity contribution in [2.24, 2.45) is 0 Å². The number of aromatic nitrogens is 3. The first-order valence-electron chi connectivity index (χ1n) is 9.92. The molecule has 0 saturated carbocycles. The lowest BCUT2D eigenvalue weighted by Crippen LogP contribution is -2.33. The largest absolute Gasteiger partial charge is 0.394 e. The van der Waals surface area contributed by atoms with Gasteiger partial charge in [-0.05, 0) is 49.1 Å². The maximum atomic E-state index is 13.9. The summed E-state index contributed by atoms with van der Waals surface area (Å²) in [5.74, 6) is 0.00498. The molecular formula is C21H24FN5O3. The van der Waals surface area contributed by atoms with E-state index in [1.54, 1.807) is 18.3 Å². The van der Waals surface area contributed by atoms with Crippen LogP contribution in [0.2, 0.25) is 0 Å². The first kappa shape index (κ1) is 20.2. The van der Waals surface area contributed by atoms with Crippen LogP contribution >= 0.6 is 0 Å². The van der Waals surface area contributed by atoms with Crippen molar-refractivity contribution in [1.82, 2.24) is 19.9 Å². The monoisotopic (exact) mass is 413 g/mol. The molecule has 3 N–H and O–H groups in total. The highest BCUT2D eigenvalue weighted by Crippen LogP contribution is 2.37. The van der Waals surface area contributed by atoms with Crippen LogP contribution in [0.4, 0.5) is 10.2 Å². The van der Waals surface area contributed by atoms with Crippen molar-refractivity contribution in [3.63, 3.8) is 0 Å². The smallest absolute Gasteiger partial charge is 0.256 e. The van der Waals surface area contributed by atoms with Gasteiger partial charge >= 0.3 is 0 Å². The number of halogens is 1. The van der Waals surface area contributed by atoms with Gasteiger partial charge in [-0.25, -0.2) is 13.9 Å². The molecule has 0 spiro atoms. The topological polar surface area (TPSA) is 103 Å². The summed E-state index contributed by atoms with van der Waals surface area (Å²) in [5, 5.41) is 25.1. The minimum Gasteiger partial charge on any atom is -0.394 e. The fourth-order valence-electron chi connectivity index (χ4n) is 3.88. The molecule has 0 bridgehead atoms. The van der Waals surface area contributed by atoms with E-state index in [0.717, 1.165) is 30.5 Å². The summed E-state index contributed by atoms with van der Waals surface area (Å²) in [6, 6.07) is 6.69. The van der Waals surface area contributed by atoms with Crippen LogP contribution in [0.3, 0.4) is 0 Å². The number of nitrogens with one attached hydrogen (secondary N) is 1. The van der Waals surface area contributed by atoms with E-state index in [4.69, 9.17) is 5.11 Å². The van der Waals surface area contributed by atoms with E-state index in [-0.39, 0.29) is 24.0 Å². The van der Waals surface area contributed by atoms with E-state index in [1.165, 1.54) is 16.8 Å². The molecule has 1 aromatic carbocycles. The quantitative estimate of drug-likeness (QED) is 0.567. The van der Waals surface area contributed by atoms with Gasteiger partial charge in [-0.3, -0.25) is 4.79 Å². The molecule has 8 nitrogen and oxygen atoms in total. The molecule has 30 heavy (non-hydrogen) atoms. The number of nitrogens with zero attached hydrogens (tertiary/aromatic N) is 4. The van der Waals surface area contributed by atoms with E-state index >= 15 is 0 Å². The van der Waals surface area contributed by atoms with Crippen molar-refractivity contribution in [2.75, 3.05) is 24.6 Å². The average molecular weight is 413 g/mol. The molecule has 158 valence electrons. The standard InChI is InChI=1S/C21H24FN5O3/c1-13-4-5-14(22)9-16(13)18-3-2-7-26(18)19-6-8-27-20(25-19)17(11-24-27)21(30)23-10-15(29)12-28/h4-6,8-9,11,15,18,28-29H,2-3,7,10,12H2,1H3,(H,23,30)/t15-,18+/m0/s1. The van der Waals surface area contributed by atoms with E-state index in [9.17, 15) is 14.3 Å². The number of hydrogen-bond donors (Lipinski definition) is 3. The maximum absolute atomic E-state index is 13.9. The van der Waals surface area contributed by atoms with Gasteiger partial charge in [0.25, 0.3) is 5.91 Å². The second-order valence-corrected chi connectivity index (χ2v) is 7.51. The molecule has 0 radical (unpaired) electrons. The Morgan fingerprint density at radius 3 is 3.03 bits per heavy atom. The Bertz CT molecular complexity index is 1070. The molecular weight excluding hydrogens is 389 g/mol. The Balaban J connectivity index is 1.64. The molecule has 0 unspecified atom stereocenters. The molecule has 2 atom stereocenters. The predicted molar refractivity (Wildman–Crippen MR) is 109 cm³/mol. The number of aliphatic hydroxyl groups is 2. The lowest BCUT2D eigenvalue weighted by atomic mass is 9.99. The van der Waals surface area contributed by atoms with Crippen LogP contribution in [0.15, 0.2) is 36.7 Å². The van der Waals surface area contributed by atoms with E-state index in [2.05, 4.69) is 20.3 Å². The number of rotatable bonds is 6. The van der Waals surface area contributed by atoms with Crippen molar-refractivity contribution < 1.29 is 19.4 Å². The van der Waals surface area contributed by atoms with Gasteiger partial charge < -0.3 is 20.4 Å². The summed E-state index contributed by atoms with van der Waals surface area (Å²) < 4.78 is 15.4. The Labute approximate surface area is 173 Å². The van der Waals surface area contributed by atoms with Crippen LogP contribution in [0.1, 0.15) is 40.4 Å². The molecule has 9 heteroatoms. The first-order valence-corrected chi connectivity index (χ1v) is 9.92. The van der Waals surface area contributed by atoms with Crippen LogP contribution in [-0.2, 0) is 0 Å². The van der Waals surface area contributed by atoms with Gasteiger partial charge in [-0.2, -0.15) is 5.10 Å². The minimum atomic E-state index is -1.03. The zero-order chi connectivity index (χ0) is 21.3. The van der Waals surface area contributed by atoms with Gasteiger partial charge in [0.1, 0.15) is 17.2 Å². The average Bonchev–Trinajstić information content (AvgIpc) is 3.40. The third-order valence-corrected chi connectivity index (χ3v) is 5.46. The molecule has 3 heterocycles. The van der Waals surface area contributed by atoms with Crippen LogP contribution in [0.25, 0.3) is 5.65 Å². The summed E-state index contributed by atoms with van der Waals surface area (Å²) in [6.07, 6.45) is 3.98. The van der Waals surface area contributed by atoms with E-state index in [1.807, 2.05) is 13.0 Å². The van der Waals surface area contributed by atoms with Crippen molar-refractivity contribution in [1.29, 1.82) is 0 Å². The minimum absolute atomic E-state index is 0.00977. The summed E-state index contributed by atoms with van der Waals surface area (Å²) in [7, 11) is 0. The van der Waals surface area contributed by atoms with E-state index in [0.29, 0.717) is 11.5 Å². The second-order valence-electron chi connectivity index (χ2n) is 7.51. The van der Waals surface area contributed by atoms with Crippen molar-refractivity contribution in [3.05, 3.63) is 59.2 Å². The van der Waals surface area contributed by atoms with Crippen LogP contribution in [0, 0.1) is 12.7 Å². The summed E-state index contributed by atoms with van der Waals surface area (Å²) in [5.41, 5.74) is 2.64. The van der Waals surface area contributed by atoms with Gasteiger partial charge in [0.05, 0.1) is 24.9 Å². The number of benzene rings is 1. The van der Waals surface area contributed by atoms with Gasteiger partial charge in [0.2, 0.25) is 0 Å². The summed E-state index contributed by atoms with van der Waals surface area (Å²) in [6.45, 7) is 2.25. The van der Waals surface area contributed by atoms with Gasteiger partial charge in [-0.1, -0.05) is 6.07 Å². The SMILES string of the molecule is Cc1ccc(F)cc1[C@H]1CCCN1c1ccn2ncc(C(=O)NC[C@H](O)CO)c2n1. The lowest BCUT2D eigenvalue weighted by Gasteiger charge is -2.27. The van der Waals surface area contributed by atoms with Gasteiger partial charge in [0.15, 0.2) is 5.65 Å². The number of aryl methyl sites for hydroxylation is 1. The zero-order valence-corrected chi connectivity index (χ0v) is 16.6. The number of fused-ring (bicyclic) bond motifs is 1. The molecule has 4 rings (SSSR count). The molecule has 0 aliphatic carbocycles. The Kier molecular flexibility index (Phi) is 5.65. The number of amides is 1.